The number of carbonyl (C=O) groups excluding carboxylic acids is 1. The van der Waals surface area contributed by atoms with Crippen LogP contribution in [0.1, 0.15) is 36.5 Å². The molecule has 18 heavy (non-hydrogen) atoms. The maximum Gasteiger partial charge on any atom is 0.282 e. The van der Waals surface area contributed by atoms with E-state index in [1.165, 1.54) is 0 Å². The molecule has 0 unspecified atom stereocenters. The van der Waals surface area contributed by atoms with Gasteiger partial charge in [0.1, 0.15) is 11.4 Å². The second kappa shape index (κ2) is 4.36. The molecule has 2 rings (SSSR count). The maximum atomic E-state index is 13.1. The summed E-state index contributed by atoms with van der Waals surface area (Å²) in [6.07, 6.45) is 2.69. The van der Waals surface area contributed by atoms with Crippen molar-refractivity contribution in [2.75, 3.05) is 0 Å². The van der Waals surface area contributed by atoms with Gasteiger partial charge >= 0.3 is 0 Å². The summed E-state index contributed by atoms with van der Waals surface area (Å²) in [5.74, 6) is -1.26. The molecule has 0 bridgehead atoms. The highest BCUT2D eigenvalue weighted by Gasteiger charge is 2.34. The predicted octanol–water partition coefficient (Wildman–Crippen LogP) is 2.41. The summed E-state index contributed by atoms with van der Waals surface area (Å²) in [5, 5.41) is 13.5. The summed E-state index contributed by atoms with van der Waals surface area (Å²) in [4.78, 5) is 22.1. The Morgan fingerprint density at radius 2 is 2.17 bits per heavy atom. The van der Waals surface area contributed by atoms with Gasteiger partial charge in [0.2, 0.25) is 0 Å². The molecule has 6 heteroatoms. The van der Waals surface area contributed by atoms with E-state index in [1.54, 1.807) is 0 Å². The molecule has 0 aromatic heterocycles. The monoisotopic (exact) mass is 252 g/mol. The zero-order valence-corrected chi connectivity index (χ0v) is 9.90. The van der Waals surface area contributed by atoms with Crippen LogP contribution in [-0.2, 0) is 0 Å². The highest BCUT2D eigenvalue weighted by molar-refractivity contribution is 5.98. The van der Waals surface area contributed by atoms with Crippen LogP contribution in [0.5, 0.6) is 0 Å². The first-order chi connectivity index (χ1) is 8.41. The van der Waals surface area contributed by atoms with Crippen molar-refractivity contribution in [3.8, 4) is 0 Å². The number of rotatable bonds is 3. The lowest BCUT2D eigenvalue weighted by atomic mass is 9.78. The van der Waals surface area contributed by atoms with Gasteiger partial charge in [0.25, 0.3) is 11.6 Å². The van der Waals surface area contributed by atoms with E-state index in [9.17, 15) is 19.3 Å². The number of amides is 1. The number of nitro groups is 1. The van der Waals surface area contributed by atoms with Crippen molar-refractivity contribution in [2.24, 2.45) is 0 Å². The summed E-state index contributed by atoms with van der Waals surface area (Å²) in [7, 11) is 0. The van der Waals surface area contributed by atoms with Gasteiger partial charge in [0.05, 0.1) is 4.92 Å². The van der Waals surface area contributed by atoms with Gasteiger partial charge in [0, 0.05) is 11.6 Å². The molecule has 1 amide bonds. The third kappa shape index (κ3) is 2.32. The van der Waals surface area contributed by atoms with Crippen molar-refractivity contribution < 1.29 is 14.1 Å². The minimum atomic E-state index is -0.683. The van der Waals surface area contributed by atoms with Crippen LogP contribution < -0.4 is 5.32 Å². The molecule has 0 spiro atoms. The first-order valence-corrected chi connectivity index (χ1v) is 5.68. The molecule has 1 aromatic rings. The van der Waals surface area contributed by atoms with E-state index in [1.807, 2.05) is 6.92 Å². The van der Waals surface area contributed by atoms with Crippen LogP contribution in [0.4, 0.5) is 10.1 Å². The summed E-state index contributed by atoms with van der Waals surface area (Å²) in [5.41, 5.74) is -0.929. The number of nitrogens with one attached hydrogen (secondary N) is 1. The molecule has 5 nitrogen and oxygen atoms in total. The largest absolute Gasteiger partial charge is 0.347 e. The van der Waals surface area contributed by atoms with Gasteiger partial charge in [-0.1, -0.05) is 0 Å². The molecule has 1 N–H and O–H groups in total. The second-order valence-electron chi connectivity index (χ2n) is 4.79. The van der Waals surface area contributed by atoms with Crippen molar-refractivity contribution in [3.63, 3.8) is 0 Å². The Kier molecular flexibility index (Phi) is 3.02. The highest BCUT2D eigenvalue weighted by atomic mass is 19.1. The van der Waals surface area contributed by atoms with Crippen LogP contribution in [0.3, 0.4) is 0 Å². The minimum Gasteiger partial charge on any atom is -0.347 e. The smallest absolute Gasteiger partial charge is 0.282 e. The van der Waals surface area contributed by atoms with Crippen molar-refractivity contribution in [2.45, 2.75) is 31.7 Å². The zero-order valence-electron chi connectivity index (χ0n) is 9.90. The van der Waals surface area contributed by atoms with Gasteiger partial charge in [-0.05, 0) is 38.3 Å². The Balaban J connectivity index is 2.28. The molecule has 1 aromatic carbocycles. The van der Waals surface area contributed by atoms with E-state index in [4.69, 9.17) is 0 Å². The number of nitrogens with zero attached hydrogens (tertiary/aromatic N) is 1. The molecule has 1 fully saturated rings. The summed E-state index contributed by atoms with van der Waals surface area (Å²) >= 11 is 0. The van der Waals surface area contributed by atoms with Crippen molar-refractivity contribution in [1.82, 2.24) is 5.32 Å². The van der Waals surface area contributed by atoms with Crippen molar-refractivity contribution in [3.05, 3.63) is 39.7 Å². The summed E-state index contributed by atoms with van der Waals surface area (Å²) < 4.78 is 13.1. The normalized spacial score (nSPS) is 16.8. The van der Waals surface area contributed by atoms with Gasteiger partial charge in [-0.15, -0.1) is 0 Å². The van der Waals surface area contributed by atoms with Gasteiger partial charge in [-0.3, -0.25) is 14.9 Å². The third-order valence-corrected chi connectivity index (χ3v) is 3.27. The average Bonchev–Trinajstić information content (AvgIpc) is 2.26. The van der Waals surface area contributed by atoms with Crippen LogP contribution >= 0.6 is 0 Å². The molecule has 1 saturated carbocycles. The zero-order chi connectivity index (χ0) is 13.3. The summed E-state index contributed by atoms with van der Waals surface area (Å²) in [6, 6.07) is 2.88. The number of nitro benzene ring substituents is 1. The number of hydrogen-bond acceptors (Lipinski definition) is 3. The van der Waals surface area contributed by atoms with E-state index < -0.39 is 16.6 Å². The molecular formula is C12H13FN2O3. The molecule has 0 aliphatic heterocycles. The topological polar surface area (TPSA) is 72.2 Å². The van der Waals surface area contributed by atoms with E-state index in [-0.39, 0.29) is 16.8 Å². The Bertz CT molecular complexity index is 512. The fourth-order valence-electron chi connectivity index (χ4n) is 2.02. The van der Waals surface area contributed by atoms with Crippen LogP contribution in [0.15, 0.2) is 18.2 Å². The predicted molar refractivity (Wildman–Crippen MR) is 62.8 cm³/mol. The lowest BCUT2D eigenvalue weighted by Gasteiger charge is -2.39. The first kappa shape index (κ1) is 12.5. The molecule has 0 atom stereocenters. The van der Waals surface area contributed by atoms with Gasteiger partial charge < -0.3 is 5.32 Å². The van der Waals surface area contributed by atoms with Crippen LogP contribution in [0, 0.1) is 15.9 Å². The first-order valence-electron chi connectivity index (χ1n) is 5.68. The van der Waals surface area contributed by atoms with Crippen molar-refractivity contribution in [1.29, 1.82) is 0 Å². The average molecular weight is 252 g/mol. The van der Waals surface area contributed by atoms with Gasteiger partial charge in [0.15, 0.2) is 0 Å². The van der Waals surface area contributed by atoms with E-state index in [2.05, 4.69) is 5.32 Å². The third-order valence-electron chi connectivity index (χ3n) is 3.27. The minimum absolute atomic E-state index is 0.229. The van der Waals surface area contributed by atoms with Crippen LogP contribution in [-0.4, -0.2) is 16.4 Å². The lowest BCUT2D eigenvalue weighted by molar-refractivity contribution is -0.385. The highest BCUT2D eigenvalue weighted by Crippen LogP contribution is 2.31. The molecule has 0 heterocycles. The van der Waals surface area contributed by atoms with Crippen LogP contribution in [0.25, 0.3) is 0 Å². The standard InChI is InChI=1S/C12H13FN2O3/c1-12(5-2-6-12)14-11(16)9-7-8(13)3-4-10(9)15(17)18/h3-4,7H,2,5-6H2,1H3,(H,14,16). The SMILES string of the molecule is CC1(NC(=O)c2cc(F)ccc2[N+](=O)[O-])CCC1. The van der Waals surface area contributed by atoms with E-state index in [0.29, 0.717) is 0 Å². The van der Waals surface area contributed by atoms with Crippen molar-refractivity contribution >= 4 is 11.6 Å². The fourth-order valence-corrected chi connectivity index (χ4v) is 2.02. The number of carbonyl (C=O) groups is 1. The molecular weight excluding hydrogens is 239 g/mol. The second-order valence-corrected chi connectivity index (χ2v) is 4.79. The number of benzene rings is 1. The molecule has 1 aliphatic carbocycles. The molecule has 0 radical (unpaired) electrons. The van der Waals surface area contributed by atoms with Gasteiger partial charge in [-0.2, -0.15) is 0 Å². The quantitative estimate of drug-likeness (QED) is 0.663. The maximum absolute atomic E-state index is 13.1. The van der Waals surface area contributed by atoms with Crippen LogP contribution in [0.2, 0.25) is 0 Å². The fraction of sp³-hybridized carbons (Fsp3) is 0.417. The van der Waals surface area contributed by atoms with Gasteiger partial charge in [-0.25, -0.2) is 4.39 Å². The lowest BCUT2D eigenvalue weighted by Crippen LogP contribution is -2.51. The molecule has 0 saturated heterocycles. The summed E-state index contributed by atoms with van der Waals surface area (Å²) in [6.45, 7) is 1.87. The van der Waals surface area contributed by atoms with E-state index >= 15 is 0 Å². The molecule has 1 aliphatic rings. The Hall–Kier alpha value is -1.98. The Morgan fingerprint density at radius 3 is 2.67 bits per heavy atom. The number of halogens is 1. The molecule has 96 valence electrons. The number of hydrogen-bond donors (Lipinski definition) is 1. The Morgan fingerprint density at radius 1 is 1.50 bits per heavy atom. The van der Waals surface area contributed by atoms with E-state index in [0.717, 1.165) is 37.5 Å². The Labute approximate surface area is 103 Å².